The fourth-order valence-electron chi connectivity index (χ4n) is 2.56. The molecule has 106 valence electrons. The number of amides is 1. The molecule has 1 N–H and O–H groups in total. The fraction of sp³-hybridized carbons (Fsp3) is 0.909. The predicted octanol–water partition coefficient (Wildman–Crippen LogP) is 1.96. The molecule has 2 atom stereocenters. The average molecular weight is 287 g/mol. The van der Waals surface area contributed by atoms with E-state index in [4.69, 9.17) is 0 Å². The molecule has 0 aliphatic carbocycles. The van der Waals surface area contributed by atoms with Crippen molar-refractivity contribution in [3.8, 4) is 0 Å². The number of hydrogen-bond acceptors (Lipinski definition) is 2. The second kappa shape index (κ2) is 6.10. The second-order valence-electron chi connectivity index (χ2n) is 4.81. The SMILES string of the molecule is Cl.O=C([C@@H]1CCCN1)N1CCCC(C(F)(F)F)C1. The minimum absolute atomic E-state index is 0. The quantitative estimate of drug-likeness (QED) is 0.799. The first-order chi connectivity index (χ1) is 7.98. The van der Waals surface area contributed by atoms with Crippen LogP contribution in [0.25, 0.3) is 0 Å². The summed E-state index contributed by atoms with van der Waals surface area (Å²) in [6.45, 7) is 1.08. The van der Waals surface area contributed by atoms with Gasteiger partial charge in [0.05, 0.1) is 12.0 Å². The number of hydrogen-bond donors (Lipinski definition) is 1. The van der Waals surface area contributed by atoms with Crippen molar-refractivity contribution >= 4 is 18.3 Å². The molecule has 0 aromatic heterocycles. The van der Waals surface area contributed by atoms with Crippen LogP contribution in [0.4, 0.5) is 13.2 Å². The number of nitrogens with one attached hydrogen (secondary N) is 1. The van der Waals surface area contributed by atoms with Gasteiger partial charge in [0.2, 0.25) is 5.91 Å². The minimum Gasteiger partial charge on any atom is -0.341 e. The van der Waals surface area contributed by atoms with Gasteiger partial charge in [-0.1, -0.05) is 0 Å². The highest BCUT2D eigenvalue weighted by Gasteiger charge is 2.43. The van der Waals surface area contributed by atoms with Gasteiger partial charge in [-0.3, -0.25) is 4.79 Å². The number of alkyl halides is 3. The molecular weight excluding hydrogens is 269 g/mol. The van der Waals surface area contributed by atoms with Crippen LogP contribution in [0.3, 0.4) is 0 Å². The van der Waals surface area contributed by atoms with Crippen LogP contribution in [0.2, 0.25) is 0 Å². The van der Waals surface area contributed by atoms with Crippen molar-refractivity contribution in [2.75, 3.05) is 19.6 Å². The van der Waals surface area contributed by atoms with Crippen LogP contribution in [0.15, 0.2) is 0 Å². The zero-order valence-corrected chi connectivity index (χ0v) is 10.8. The lowest BCUT2D eigenvalue weighted by Crippen LogP contribution is -2.50. The van der Waals surface area contributed by atoms with E-state index in [1.165, 1.54) is 4.90 Å². The molecule has 0 aromatic rings. The lowest BCUT2D eigenvalue weighted by Gasteiger charge is -2.35. The summed E-state index contributed by atoms with van der Waals surface area (Å²) in [5.74, 6) is -1.50. The van der Waals surface area contributed by atoms with Crippen molar-refractivity contribution < 1.29 is 18.0 Å². The third-order valence-corrected chi connectivity index (χ3v) is 3.55. The van der Waals surface area contributed by atoms with E-state index in [-0.39, 0.29) is 37.3 Å². The predicted molar refractivity (Wildman–Crippen MR) is 63.6 cm³/mol. The van der Waals surface area contributed by atoms with Crippen LogP contribution in [-0.4, -0.2) is 42.7 Å². The Morgan fingerprint density at radius 3 is 2.50 bits per heavy atom. The molecule has 2 rings (SSSR count). The Bertz CT molecular complexity index is 293. The summed E-state index contributed by atoms with van der Waals surface area (Å²) in [5, 5.41) is 3.03. The highest BCUT2D eigenvalue weighted by Crippen LogP contribution is 2.33. The van der Waals surface area contributed by atoms with E-state index < -0.39 is 12.1 Å². The molecule has 2 aliphatic heterocycles. The Kier molecular flexibility index (Phi) is 5.28. The Morgan fingerprint density at radius 2 is 1.94 bits per heavy atom. The van der Waals surface area contributed by atoms with Gasteiger partial charge in [0.1, 0.15) is 0 Å². The molecule has 0 aromatic carbocycles. The molecule has 2 aliphatic rings. The Morgan fingerprint density at radius 1 is 1.22 bits per heavy atom. The molecular formula is C11H18ClF3N2O. The molecule has 0 spiro atoms. The van der Waals surface area contributed by atoms with Gasteiger partial charge in [-0.05, 0) is 32.2 Å². The molecule has 3 nitrogen and oxygen atoms in total. The summed E-state index contributed by atoms with van der Waals surface area (Å²) in [4.78, 5) is 13.3. The fourth-order valence-corrected chi connectivity index (χ4v) is 2.56. The lowest BCUT2D eigenvalue weighted by atomic mass is 9.97. The van der Waals surface area contributed by atoms with Crippen LogP contribution in [0, 0.1) is 5.92 Å². The van der Waals surface area contributed by atoms with E-state index in [1.54, 1.807) is 0 Å². The highest BCUT2D eigenvalue weighted by molar-refractivity contribution is 5.85. The maximum atomic E-state index is 12.6. The topological polar surface area (TPSA) is 32.3 Å². The smallest absolute Gasteiger partial charge is 0.341 e. The van der Waals surface area contributed by atoms with Crippen molar-refractivity contribution in [3.63, 3.8) is 0 Å². The molecule has 2 saturated heterocycles. The van der Waals surface area contributed by atoms with E-state index in [9.17, 15) is 18.0 Å². The molecule has 0 saturated carbocycles. The van der Waals surface area contributed by atoms with E-state index in [0.29, 0.717) is 13.0 Å². The first-order valence-electron chi connectivity index (χ1n) is 6.07. The molecule has 18 heavy (non-hydrogen) atoms. The third-order valence-electron chi connectivity index (χ3n) is 3.55. The third kappa shape index (κ3) is 3.51. The number of carbonyl (C=O) groups excluding carboxylic acids is 1. The molecule has 7 heteroatoms. The average Bonchev–Trinajstić information content (AvgIpc) is 2.80. The highest BCUT2D eigenvalue weighted by atomic mass is 35.5. The molecule has 2 fully saturated rings. The number of carbonyl (C=O) groups is 1. The summed E-state index contributed by atoms with van der Waals surface area (Å²) in [5.41, 5.74) is 0. The van der Waals surface area contributed by atoms with E-state index in [2.05, 4.69) is 5.32 Å². The van der Waals surface area contributed by atoms with Gasteiger partial charge in [0.15, 0.2) is 0 Å². The monoisotopic (exact) mass is 286 g/mol. The van der Waals surface area contributed by atoms with Crippen molar-refractivity contribution in [2.24, 2.45) is 5.92 Å². The zero-order valence-electron chi connectivity index (χ0n) is 10.0. The first kappa shape index (κ1) is 15.6. The zero-order chi connectivity index (χ0) is 12.5. The Balaban J connectivity index is 0.00000162. The van der Waals surface area contributed by atoms with Gasteiger partial charge in [0.25, 0.3) is 0 Å². The maximum absolute atomic E-state index is 12.6. The van der Waals surface area contributed by atoms with Crippen molar-refractivity contribution in [2.45, 2.75) is 37.9 Å². The van der Waals surface area contributed by atoms with Gasteiger partial charge >= 0.3 is 6.18 Å². The number of nitrogens with zero attached hydrogens (tertiary/aromatic N) is 1. The summed E-state index contributed by atoms with van der Waals surface area (Å²) >= 11 is 0. The number of rotatable bonds is 1. The lowest BCUT2D eigenvalue weighted by molar-refractivity contribution is -0.188. The molecule has 1 unspecified atom stereocenters. The summed E-state index contributed by atoms with van der Waals surface area (Å²) in [7, 11) is 0. The minimum atomic E-state index is -4.18. The van der Waals surface area contributed by atoms with Crippen LogP contribution in [0.5, 0.6) is 0 Å². The van der Waals surface area contributed by atoms with Crippen LogP contribution >= 0.6 is 12.4 Å². The molecule has 1 amide bonds. The van der Waals surface area contributed by atoms with Crippen LogP contribution in [0.1, 0.15) is 25.7 Å². The van der Waals surface area contributed by atoms with E-state index >= 15 is 0 Å². The Hall–Kier alpha value is -0.490. The van der Waals surface area contributed by atoms with Crippen LogP contribution < -0.4 is 5.32 Å². The Labute approximate surface area is 110 Å². The van der Waals surface area contributed by atoms with Gasteiger partial charge in [-0.25, -0.2) is 0 Å². The maximum Gasteiger partial charge on any atom is 0.393 e. The van der Waals surface area contributed by atoms with Crippen LogP contribution in [-0.2, 0) is 4.79 Å². The first-order valence-corrected chi connectivity index (χ1v) is 6.07. The summed E-state index contributed by atoms with van der Waals surface area (Å²) < 4.78 is 37.8. The van der Waals surface area contributed by atoms with Gasteiger partial charge in [0, 0.05) is 13.1 Å². The summed E-state index contributed by atoms with van der Waals surface area (Å²) in [6, 6.07) is -0.262. The number of halogens is 4. The van der Waals surface area contributed by atoms with Gasteiger partial charge in [-0.15, -0.1) is 12.4 Å². The molecule has 0 radical (unpaired) electrons. The van der Waals surface area contributed by atoms with Crippen molar-refractivity contribution in [1.82, 2.24) is 10.2 Å². The van der Waals surface area contributed by atoms with Gasteiger partial charge < -0.3 is 10.2 Å². The summed E-state index contributed by atoms with van der Waals surface area (Å²) in [6.07, 6.45) is -1.92. The normalized spacial score (nSPS) is 28.9. The number of piperidine rings is 1. The molecule has 0 bridgehead atoms. The van der Waals surface area contributed by atoms with Crippen molar-refractivity contribution in [3.05, 3.63) is 0 Å². The van der Waals surface area contributed by atoms with Crippen molar-refractivity contribution in [1.29, 1.82) is 0 Å². The second-order valence-corrected chi connectivity index (χ2v) is 4.81. The largest absolute Gasteiger partial charge is 0.393 e. The molecule has 2 heterocycles. The number of likely N-dealkylation sites (tertiary alicyclic amines) is 1. The standard InChI is InChI=1S/C11H17F3N2O.ClH/c12-11(13,14)8-3-2-6-16(7-8)10(17)9-4-1-5-15-9;/h8-9,15H,1-7H2;1H/t8?,9-;/m0./s1. The van der Waals surface area contributed by atoms with Gasteiger partial charge in [-0.2, -0.15) is 13.2 Å². The van der Waals surface area contributed by atoms with E-state index in [0.717, 1.165) is 19.4 Å². The van der Waals surface area contributed by atoms with E-state index in [1.807, 2.05) is 0 Å².